The summed E-state index contributed by atoms with van der Waals surface area (Å²) in [5, 5.41) is 18.5. The maximum atomic E-state index is 12.3. The van der Waals surface area contributed by atoms with Gasteiger partial charge >= 0.3 is 0 Å². The topological polar surface area (TPSA) is 114 Å². The van der Waals surface area contributed by atoms with E-state index in [0.717, 1.165) is 16.3 Å². The molecule has 29 heavy (non-hydrogen) atoms. The molecule has 0 saturated heterocycles. The monoisotopic (exact) mass is 450 g/mol. The van der Waals surface area contributed by atoms with E-state index in [1.54, 1.807) is 6.07 Å². The van der Waals surface area contributed by atoms with E-state index in [0.29, 0.717) is 9.90 Å². The van der Waals surface area contributed by atoms with Crippen molar-refractivity contribution in [1.82, 2.24) is 10.7 Å². The number of nitro groups is 1. The van der Waals surface area contributed by atoms with Crippen LogP contribution in [0.4, 0.5) is 5.69 Å². The van der Waals surface area contributed by atoms with Gasteiger partial charge in [-0.2, -0.15) is 5.10 Å². The van der Waals surface area contributed by atoms with Crippen LogP contribution in [0.15, 0.2) is 47.6 Å². The van der Waals surface area contributed by atoms with Crippen LogP contribution in [0.1, 0.15) is 15.2 Å². The Bertz CT molecular complexity index is 1150. The highest BCUT2D eigenvalue weighted by Gasteiger charge is 2.17. The lowest BCUT2D eigenvalue weighted by molar-refractivity contribution is -0.385. The minimum atomic E-state index is -0.614. The molecule has 1 aromatic heterocycles. The molecular weight excluding hydrogens is 439 g/mol. The third-order valence-electron chi connectivity index (χ3n) is 3.73. The molecule has 0 bridgehead atoms. The molecule has 1 heterocycles. The van der Waals surface area contributed by atoms with Crippen LogP contribution in [-0.2, 0) is 4.79 Å². The predicted molar refractivity (Wildman–Crippen MR) is 113 cm³/mol. The first-order chi connectivity index (χ1) is 13.9. The van der Waals surface area contributed by atoms with E-state index in [1.165, 1.54) is 29.5 Å². The summed E-state index contributed by atoms with van der Waals surface area (Å²) in [5.74, 6) is -1.10. The first-order valence-corrected chi connectivity index (χ1v) is 9.65. The largest absolute Gasteiger partial charge is 0.342 e. The zero-order valence-corrected chi connectivity index (χ0v) is 16.8. The number of halogens is 2. The summed E-state index contributed by atoms with van der Waals surface area (Å²) in [6.45, 7) is -0.349. The number of hydrogen-bond donors (Lipinski definition) is 2. The van der Waals surface area contributed by atoms with Gasteiger partial charge in [-0.05, 0) is 18.2 Å². The van der Waals surface area contributed by atoms with Crippen LogP contribution in [0, 0.1) is 10.1 Å². The second kappa shape index (κ2) is 8.99. The van der Waals surface area contributed by atoms with Crippen LogP contribution in [0.3, 0.4) is 0 Å². The van der Waals surface area contributed by atoms with Crippen molar-refractivity contribution in [2.75, 3.05) is 6.54 Å². The van der Waals surface area contributed by atoms with Crippen molar-refractivity contribution in [3.8, 4) is 0 Å². The summed E-state index contributed by atoms with van der Waals surface area (Å²) in [6, 6.07) is 11.3. The number of nitrogens with one attached hydrogen (secondary N) is 2. The van der Waals surface area contributed by atoms with Gasteiger partial charge in [0.15, 0.2) is 0 Å². The van der Waals surface area contributed by atoms with Crippen molar-refractivity contribution in [2.45, 2.75) is 0 Å². The summed E-state index contributed by atoms with van der Waals surface area (Å²) in [5.41, 5.74) is 2.11. The minimum Gasteiger partial charge on any atom is -0.342 e. The Morgan fingerprint density at radius 2 is 1.97 bits per heavy atom. The number of amides is 2. The number of hydrogen-bond acceptors (Lipinski definition) is 6. The molecule has 0 atom stereocenters. The van der Waals surface area contributed by atoms with Crippen molar-refractivity contribution >= 4 is 68.3 Å². The fourth-order valence-electron chi connectivity index (χ4n) is 2.41. The van der Waals surface area contributed by atoms with Crippen molar-refractivity contribution in [3.05, 3.63) is 73.1 Å². The first-order valence-electron chi connectivity index (χ1n) is 8.08. The number of benzene rings is 2. The minimum absolute atomic E-state index is 0.129. The number of nitro benzene ring substituents is 1. The van der Waals surface area contributed by atoms with Crippen LogP contribution < -0.4 is 10.7 Å². The summed E-state index contributed by atoms with van der Waals surface area (Å²) in [6.07, 6.45) is 1.10. The smallest absolute Gasteiger partial charge is 0.278 e. The summed E-state index contributed by atoms with van der Waals surface area (Å²) in [7, 11) is 0. The molecule has 0 aliphatic carbocycles. The Kier molecular flexibility index (Phi) is 6.42. The third kappa shape index (κ3) is 4.89. The average molecular weight is 451 g/mol. The van der Waals surface area contributed by atoms with Gasteiger partial charge in [0, 0.05) is 21.2 Å². The lowest BCUT2D eigenvalue weighted by Crippen LogP contribution is -2.34. The normalized spacial score (nSPS) is 11.0. The van der Waals surface area contributed by atoms with Crippen LogP contribution >= 0.6 is 34.5 Å². The molecule has 0 aliphatic heterocycles. The molecule has 0 aliphatic rings. The highest BCUT2D eigenvalue weighted by molar-refractivity contribution is 7.21. The molecule has 0 fully saturated rings. The fourth-order valence-corrected chi connectivity index (χ4v) is 4.02. The van der Waals surface area contributed by atoms with Gasteiger partial charge in [0.2, 0.25) is 0 Å². The predicted octanol–water partition coefficient (Wildman–Crippen LogP) is 4.00. The van der Waals surface area contributed by atoms with Crippen molar-refractivity contribution in [1.29, 1.82) is 0 Å². The van der Waals surface area contributed by atoms with E-state index in [-0.39, 0.29) is 22.8 Å². The van der Waals surface area contributed by atoms with E-state index < -0.39 is 16.7 Å². The van der Waals surface area contributed by atoms with Gasteiger partial charge in [-0.15, -0.1) is 11.3 Å². The van der Waals surface area contributed by atoms with Crippen LogP contribution in [0.25, 0.3) is 10.1 Å². The number of fused-ring (bicyclic) bond motifs is 1. The molecule has 8 nitrogen and oxygen atoms in total. The Labute approximate surface area is 178 Å². The van der Waals surface area contributed by atoms with E-state index in [2.05, 4.69) is 15.8 Å². The van der Waals surface area contributed by atoms with Gasteiger partial charge < -0.3 is 5.32 Å². The van der Waals surface area contributed by atoms with Gasteiger partial charge in [-0.3, -0.25) is 19.7 Å². The highest BCUT2D eigenvalue weighted by atomic mass is 35.5. The first kappa shape index (κ1) is 20.7. The molecule has 0 unspecified atom stereocenters. The Morgan fingerprint density at radius 3 is 2.69 bits per heavy atom. The van der Waals surface area contributed by atoms with Gasteiger partial charge in [0.1, 0.15) is 4.88 Å². The molecule has 0 saturated carbocycles. The molecule has 2 amide bonds. The van der Waals surface area contributed by atoms with Gasteiger partial charge in [-0.25, -0.2) is 5.43 Å². The van der Waals surface area contributed by atoms with E-state index in [4.69, 9.17) is 23.2 Å². The molecule has 148 valence electrons. The average Bonchev–Trinajstić information content (AvgIpc) is 3.03. The standard InChI is InChI=1S/C18H12Cl2N4O4S/c19-11-5-6-13(24(27)28)10(7-11)8-22-23-15(25)9-21-18(26)17-16(20)12-3-1-2-4-14(12)29-17/h1-8H,9H2,(H,21,26)(H,23,25). The van der Waals surface area contributed by atoms with Crippen molar-refractivity contribution in [3.63, 3.8) is 0 Å². The van der Waals surface area contributed by atoms with Gasteiger partial charge in [0.05, 0.1) is 28.3 Å². The number of carbonyl (C=O) groups excluding carboxylic acids is 2. The fraction of sp³-hybridized carbons (Fsp3) is 0.0556. The Morgan fingerprint density at radius 1 is 1.21 bits per heavy atom. The van der Waals surface area contributed by atoms with Crippen molar-refractivity contribution in [2.24, 2.45) is 5.10 Å². The quantitative estimate of drug-likeness (QED) is 0.335. The molecule has 2 N–H and O–H groups in total. The lowest BCUT2D eigenvalue weighted by Gasteiger charge is -2.03. The molecule has 0 radical (unpaired) electrons. The van der Waals surface area contributed by atoms with Crippen LogP contribution in [-0.4, -0.2) is 29.5 Å². The van der Waals surface area contributed by atoms with Crippen LogP contribution in [0.5, 0.6) is 0 Å². The van der Waals surface area contributed by atoms with Crippen molar-refractivity contribution < 1.29 is 14.5 Å². The maximum absolute atomic E-state index is 12.3. The zero-order chi connectivity index (χ0) is 21.0. The number of thiophene rings is 1. The molecule has 0 spiro atoms. The van der Waals surface area contributed by atoms with E-state index >= 15 is 0 Å². The zero-order valence-electron chi connectivity index (χ0n) is 14.5. The Balaban J connectivity index is 1.59. The molecule has 2 aromatic carbocycles. The van der Waals surface area contributed by atoms with E-state index in [9.17, 15) is 19.7 Å². The number of hydrazone groups is 1. The molecule has 3 rings (SSSR count). The third-order valence-corrected chi connectivity index (χ3v) is 5.64. The second-order valence-electron chi connectivity index (χ2n) is 5.68. The molecule has 11 heteroatoms. The number of carbonyl (C=O) groups is 2. The molecular formula is C18H12Cl2N4O4S. The lowest BCUT2D eigenvalue weighted by atomic mass is 10.2. The number of rotatable bonds is 6. The van der Waals surface area contributed by atoms with Gasteiger partial charge in [-0.1, -0.05) is 41.4 Å². The Hall–Kier alpha value is -3.01. The van der Waals surface area contributed by atoms with Crippen LogP contribution in [0.2, 0.25) is 10.0 Å². The maximum Gasteiger partial charge on any atom is 0.278 e. The molecule has 3 aromatic rings. The highest BCUT2D eigenvalue weighted by Crippen LogP contribution is 2.34. The summed E-state index contributed by atoms with van der Waals surface area (Å²) in [4.78, 5) is 34.9. The van der Waals surface area contributed by atoms with E-state index in [1.807, 2.05) is 18.2 Å². The summed E-state index contributed by atoms with van der Waals surface area (Å²) >= 11 is 13.3. The van der Waals surface area contributed by atoms with Gasteiger partial charge in [0.25, 0.3) is 17.5 Å². The SMILES string of the molecule is O=C(CNC(=O)c1sc2ccccc2c1Cl)NN=Cc1cc(Cl)ccc1[N+](=O)[O-]. The summed E-state index contributed by atoms with van der Waals surface area (Å²) < 4.78 is 0.861. The number of nitrogens with zero attached hydrogens (tertiary/aromatic N) is 2. The second-order valence-corrected chi connectivity index (χ2v) is 7.54.